The van der Waals surface area contributed by atoms with Gasteiger partial charge in [0.25, 0.3) is 12.9 Å². The molecule has 0 spiro atoms. The number of carbonyl (C=O) groups is 3. The molecule has 0 bridgehead atoms. The fourth-order valence-electron chi connectivity index (χ4n) is 2.52. The van der Waals surface area contributed by atoms with E-state index in [1.54, 1.807) is 0 Å². The van der Waals surface area contributed by atoms with E-state index < -0.39 is 0 Å². The zero-order valence-electron chi connectivity index (χ0n) is 15.0. The third-order valence-corrected chi connectivity index (χ3v) is 3.95. The van der Waals surface area contributed by atoms with Gasteiger partial charge in [-0.2, -0.15) is 0 Å². The van der Waals surface area contributed by atoms with Gasteiger partial charge in [0, 0.05) is 29.8 Å². The van der Waals surface area contributed by atoms with Crippen LogP contribution >= 0.6 is 0 Å². The van der Waals surface area contributed by atoms with E-state index in [0.717, 1.165) is 19.3 Å². The summed E-state index contributed by atoms with van der Waals surface area (Å²) in [6.07, 6.45) is 7.92. The minimum atomic E-state index is -0.128. The Kier molecular flexibility index (Phi) is 9.97. The lowest BCUT2D eigenvalue weighted by Crippen LogP contribution is -2.20. The van der Waals surface area contributed by atoms with E-state index in [-0.39, 0.29) is 36.3 Å². The lowest BCUT2D eigenvalue weighted by Gasteiger charge is -2.13. The third kappa shape index (κ3) is 8.33. The molecule has 1 unspecified atom stereocenters. The normalized spacial score (nSPS) is 11.4. The molecule has 0 aliphatic heterocycles. The summed E-state index contributed by atoms with van der Waals surface area (Å²) in [4.78, 5) is 33.2. The van der Waals surface area contributed by atoms with Gasteiger partial charge in [0.05, 0.1) is 0 Å². The summed E-state index contributed by atoms with van der Waals surface area (Å²) >= 11 is 0. The summed E-state index contributed by atoms with van der Waals surface area (Å²) in [7, 11) is 0. The maximum atomic E-state index is 12.3. The number of anilines is 1. The van der Waals surface area contributed by atoms with Crippen LogP contribution in [-0.2, 0) is 14.4 Å². The monoisotopic (exact) mass is 349 g/mol. The minimum Gasteiger partial charge on any atom is -0.429 e. The molecule has 0 aliphatic rings. The van der Waals surface area contributed by atoms with Crippen LogP contribution in [-0.4, -0.2) is 18.9 Å². The van der Waals surface area contributed by atoms with Gasteiger partial charge in [0.15, 0.2) is 0 Å². The molecule has 0 radical (unpaired) electrons. The van der Waals surface area contributed by atoms with Crippen LogP contribution in [0.4, 0.5) is 5.69 Å². The average molecular weight is 349 g/mol. The summed E-state index contributed by atoms with van der Waals surface area (Å²) in [6, 6.07) is 4.39. The summed E-state index contributed by atoms with van der Waals surface area (Å²) in [5.74, 6) is 0.132. The Hall–Kier alpha value is -2.37. The molecule has 1 aromatic rings. The van der Waals surface area contributed by atoms with E-state index >= 15 is 0 Å². The van der Waals surface area contributed by atoms with E-state index in [4.69, 9.17) is 9.47 Å². The highest BCUT2D eigenvalue weighted by Gasteiger charge is 2.14. The molecule has 138 valence electrons. The zero-order valence-corrected chi connectivity index (χ0v) is 15.0. The fraction of sp³-hybridized carbons (Fsp3) is 0.526. The van der Waals surface area contributed by atoms with Crippen molar-refractivity contribution in [1.82, 2.24) is 0 Å². The minimum absolute atomic E-state index is 0.117. The molecule has 0 aliphatic carbocycles. The highest BCUT2D eigenvalue weighted by atomic mass is 16.5. The first kappa shape index (κ1) is 20.7. The van der Waals surface area contributed by atoms with Crippen LogP contribution in [0, 0.1) is 5.92 Å². The Morgan fingerprint density at radius 2 is 1.56 bits per heavy atom. The van der Waals surface area contributed by atoms with Crippen LogP contribution in [0.25, 0.3) is 0 Å². The number of unbranched alkanes of at least 4 members (excludes halogenated alkanes) is 5. The molecule has 6 heteroatoms. The second-order valence-corrected chi connectivity index (χ2v) is 6.07. The van der Waals surface area contributed by atoms with Crippen molar-refractivity contribution in [1.29, 1.82) is 0 Å². The number of hydrogen-bond acceptors (Lipinski definition) is 5. The Morgan fingerprint density at radius 1 is 1.00 bits per heavy atom. The zero-order chi connectivity index (χ0) is 18.5. The van der Waals surface area contributed by atoms with Crippen LogP contribution in [0.5, 0.6) is 11.5 Å². The number of hydrogen-bond donors (Lipinski definition) is 1. The average Bonchev–Trinajstić information content (AvgIpc) is 2.58. The number of ether oxygens (including phenoxy) is 2. The van der Waals surface area contributed by atoms with Gasteiger partial charge in [-0.3, -0.25) is 14.4 Å². The number of amides is 1. The van der Waals surface area contributed by atoms with Crippen molar-refractivity contribution in [3.8, 4) is 11.5 Å². The molecule has 0 aromatic heterocycles. The maximum absolute atomic E-state index is 12.3. The largest absolute Gasteiger partial charge is 0.429 e. The Balaban J connectivity index is 2.53. The van der Waals surface area contributed by atoms with Crippen molar-refractivity contribution < 1.29 is 23.9 Å². The van der Waals surface area contributed by atoms with Gasteiger partial charge in [0.2, 0.25) is 5.91 Å². The topological polar surface area (TPSA) is 81.7 Å². The van der Waals surface area contributed by atoms with Crippen LogP contribution in [0.1, 0.15) is 58.8 Å². The van der Waals surface area contributed by atoms with Crippen molar-refractivity contribution in [2.24, 2.45) is 5.92 Å². The first-order valence-electron chi connectivity index (χ1n) is 8.77. The van der Waals surface area contributed by atoms with E-state index in [1.165, 1.54) is 43.9 Å². The van der Waals surface area contributed by atoms with Crippen LogP contribution in [0.15, 0.2) is 18.2 Å². The van der Waals surface area contributed by atoms with Crippen molar-refractivity contribution in [3.05, 3.63) is 18.2 Å². The molecule has 1 amide bonds. The molecule has 6 nitrogen and oxygen atoms in total. The summed E-state index contributed by atoms with van der Waals surface area (Å²) < 4.78 is 9.52. The SMILES string of the molecule is CCCCCCCCC(C)C(=O)Nc1cc(OC=O)cc(OC=O)c1. The quantitative estimate of drug-likeness (QED) is 0.428. The Bertz CT molecular complexity index is 530. The highest BCUT2D eigenvalue weighted by Crippen LogP contribution is 2.26. The number of benzene rings is 1. The predicted molar refractivity (Wildman–Crippen MR) is 95.6 cm³/mol. The summed E-state index contributed by atoms with van der Waals surface area (Å²) in [5.41, 5.74) is 0.413. The van der Waals surface area contributed by atoms with Gasteiger partial charge >= 0.3 is 0 Å². The van der Waals surface area contributed by atoms with Crippen LogP contribution in [0.2, 0.25) is 0 Å². The third-order valence-electron chi connectivity index (χ3n) is 3.95. The highest BCUT2D eigenvalue weighted by molar-refractivity contribution is 5.92. The first-order valence-corrected chi connectivity index (χ1v) is 8.77. The maximum Gasteiger partial charge on any atom is 0.298 e. The van der Waals surface area contributed by atoms with E-state index in [2.05, 4.69) is 12.2 Å². The Morgan fingerprint density at radius 3 is 2.12 bits per heavy atom. The van der Waals surface area contributed by atoms with Crippen LogP contribution < -0.4 is 14.8 Å². The van der Waals surface area contributed by atoms with Gasteiger partial charge in [-0.1, -0.05) is 52.4 Å². The van der Waals surface area contributed by atoms with Crippen molar-refractivity contribution >= 4 is 24.5 Å². The molecule has 1 aromatic carbocycles. The molecule has 1 atom stereocenters. The predicted octanol–water partition coefficient (Wildman–Crippen LogP) is 4.08. The molecule has 0 saturated carbocycles. The van der Waals surface area contributed by atoms with Gasteiger partial charge in [-0.15, -0.1) is 0 Å². The van der Waals surface area contributed by atoms with E-state index in [9.17, 15) is 14.4 Å². The van der Waals surface area contributed by atoms with Crippen molar-refractivity contribution in [3.63, 3.8) is 0 Å². The first-order chi connectivity index (χ1) is 12.1. The van der Waals surface area contributed by atoms with Crippen molar-refractivity contribution in [2.75, 3.05) is 5.32 Å². The number of carbonyl (C=O) groups excluding carboxylic acids is 3. The number of rotatable bonds is 13. The molecule has 0 saturated heterocycles. The Labute approximate surface area is 148 Å². The molecular formula is C19H27NO5. The second kappa shape index (κ2) is 12.1. The molecule has 25 heavy (non-hydrogen) atoms. The van der Waals surface area contributed by atoms with Gasteiger partial charge in [-0.25, -0.2) is 0 Å². The smallest absolute Gasteiger partial charge is 0.298 e. The lowest BCUT2D eigenvalue weighted by molar-refractivity contribution is -0.121. The molecule has 1 N–H and O–H groups in total. The summed E-state index contributed by atoms with van der Waals surface area (Å²) in [5, 5.41) is 2.77. The molecule has 0 fully saturated rings. The molecule has 0 heterocycles. The van der Waals surface area contributed by atoms with Crippen LogP contribution in [0.3, 0.4) is 0 Å². The standard InChI is InChI=1S/C19H27NO5/c1-3-4-5-6-7-8-9-15(2)19(23)20-16-10-17(24-13-21)12-18(11-16)25-14-22/h10-15H,3-9H2,1-2H3,(H,20,23). The second-order valence-electron chi connectivity index (χ2n) is 6.07. The van der Waals surface area contributed by atoms with E-state index in [1.807, 2.05) is 6.92 Å². The molecular weight excluding hydrogens is 322 g/mol. The lowest BCUT2D eigenvalue weighted by atomic mass is 10.0. The van der Waals surface area contributed by atoms with E-state index in [0.29, 0.717) is 5.69 Å². The van der Waals surface area contributed by atoms with Crippen molar-refractivity contribution in [2.45, 2.75) is 58.8 Å². The molecule has 1 rings (SSSR count). The number of nitrogens with one attached hydrogen (secondary N) is 1. The van der Waals surface area contributed by atoms with Gasteiger partial charge in [0.1, 0.15) is 11.5 Å². The fourth-order valence-corrected chi connectivity index (χ4v) is 2.52. The van der Waals surface area contributed by atoms with Gasteiger partial charge < -0.3 is 14.8 Å². The summed E-state index contributed by atoms with van der Waals surface area (Å²) in [6.45, 7) is 4.61. The van der Waals surface area contributed by atoms with Gasteiger partial charge in [-0.05, 0) is 6.42 Å².